The SMILES string of the molecule is CC[C@@]1(O)C[C@@H]2CN(CCc3c([nH]c4ccccc34)[C@](C(=O)OC)(c3cc4c(cc3OC)N(C)[C@@H]3[C@](O)(C(=O)CNC(=O)OCCSSC[C@H](CC(=O)[C@@H](CC(=O)O)NC(=O)C(CCCN=C(N)N)CC(=O)CCOCCOCCCC(=O)CN5CCC[C@H](OCc6cc(C)cc(C(F)(F)F)c6)[C@@H]5c5ccccc5)C(=O)O)[C@@H](O)[C@@]5(CC)C=CCN6CC[C@@]43[C@H]65)C2)C1. The molecule has 30 nitrogen and oxygen atoms in total. The Morgan fingerprint density at radius 2 is 1.57 bits per heavy atom. The Bertz CT molecular complexity index is 4850. The van der Waals surface area contributed by atoms with Crippen LogP contribution in [0.1, 0.15) is 161 Å². The first-order chi connectivity index (χ1) is 60.7. The number of likely N-dealkylation sites (N-methyl/N-ethyl adjacent to an activating group) is 1. The highest BCUT2D eigenvalue weighted by Crippen LogP contribution is 2.68. The minimum atomic E-state index is -4.50. The number of para-hydroxylation sites is 1. The number of aromatic amines is 1. The predicted molar refractivity (Wildman–Crippen MR) is 471 cm³/mol. The van der Waals surface area contributed by atoms with Crippen LogP contribution < -0.4 is 31.7 Å². The van der Waals surface area contributed by atoms with E-state index in [4.69, 9.17) is 39.9 Å². The van der Waals surface area contributed by atoms with Crippen LogP contribution in [-0.4, -0.2) is 270 Å². The number of fused-ring (bicyclic) bond motifs is 6. The molecule has 2 bridgehead atoms. The number of hydrogen-bond acceptors (Lipinski definition) is 25. The van der Waals surface area contributed by atoms with Gasteiger partial charge in [0.1, 0.15) is 35.4 Å². The number of methoxy groups -OCH3 is 2. The number of hydrogen-bond donors (Lipinski definition) is 10. The number of benzene rings is 4. The Morgan fingerprint density at radius 3 is 2.28 bits per heavy atom. The summed E-state index contributed by atoms with van der Waals surface area (Å²) in [4.78, 5) is 141. The molecule has 15 atom stereocenters. The first-order valence-corrected chi connectivity index (χ1v) is 46.4. The van der Waals surface area contributed by atoms with Gasteiger partial charge in [0.05, 0.1) is 101 Å². The fraction of sp³-hybridized carbons (Fsp3) is 0.587. The van der Waals surface area contributed by atoms with Crippen molar-refractivity contribution in [1.82, 2.24) is 30.3 Å². The number of anilines is 1. The van der Waals surface area contributed by atoms with Gasteiger partial charge >= 0.3 is 30.2 Å². The lowest BCUT2D eigenvalue weighted by Crippen LogP contribution is -2.81. The molecule has 1 spiro atoms. The number of amides is 2. The number of rotatable bonds is 44. The van der Waals surface area contributed by atoms with Crippen LogP contribution >= 0.6 is 21.6 Å². The number of alkyl halides is 3. The number of alkyl carbamates (subject to hydrolysis) is 1. The number of carbonyl (C=O) groups is 9. The Balaban J connectivity index is 0.617. The van der Waals surface area contributed by atoms with Gasteiger partial charge in [-0.2, -0.15) is 13.2 Å². The number of carboxylic acids is 2. The zero-order valence-corrected chi connectivity index (χ0v) is 74.6. The lowest BCUT2D eigenvalue weighted by molar-refractivity contribution is -0.201. The van der Waals surface area contributed by atoms with Gasteiger partial charge in [-0.15, -0.1) is 0 Å². The fourth-order valence-corrected chi connectivity index (χ4v) is 23.4. The maximum atomic E-state index is 15.7. The van der Waals surface area contributed by atoms with E-state index in [1.165, 1.54) is 14.2 Å². The predicted octanol–water partition coefficient (Wildman–Crippen LogP) is 8.69. The first-order valence-electron chi connectivity index (χ1n) is 43.9. The summed E-state index contributed by atoms with van der Waals surface area (Å²) >= 11 is 0. The summed E-state index contributed by atoms with van der Waals surface area (Å²) in [7, 11) is 6.79. The summed E-state index contributed by atoms with van der Waals surface area (Å²) in [5.41, 5.74) is 8.85. The third-order valence-corrected chi connectivity index (χ3v) is 29.4. The number of ether oxygens (including phenoxy) is 6. The molecule has 5 aromatic rings. The van der Waals surface area contributed by atoms with Crippen molar-refractivity contribution in [2.24, 2.45) is 39.6 Å². The first kappa shape index (κ1) is 97.1. The van der Waals surface area contributed by atoms with Crippen LogP contribution in [-0.2, 0) is 92.1 Å². The molecule has 6 aliphatic heterocycles. The number of esters is 1. The average Bonchev–Trinajstić information content (AvgIpc) is 1.49. The number of likely N-dealkylation sites (tertiary alicyclic amines) is 1. The van der Waals surface area contributed by atoms with Crippen LogP contribution in [0.4, 0.5) is 23.7 Å². The highest BCUT2D eigenvalue weighted by molar-refractivity contribution is 8.76. The summed E-state index contributed by atoms with van der Waals surface area (Å²) in [6.45, 7) is 8.41. The molecule has 4 fully saturated rings. The van der Waals surface area contributed by atoms with Gasteiger partial charge in [0.2, 0.25) is 5.91 Å². The summed E-state index contributed by atoms with van der Waals surface area (Å²) < 4.78 is 76.6. The molecule has 1 aliphatic carbocycles. The van der Waals surface area contributed by atoms with Gasteiger partial charge in [-0.1, -0.05) is 108 Å². The molecule has 7 aliphatic rings. The Kier molecular flexibility index (Phi) is 32.3. The minimum absolute atomic E-state index is 0.0260. The number of Topliss-reactive ketones (excluding diaryl/α,β-unsaturated/α-hetero) is 4. The molecular formula is C92H121F3N10O20S2. The van der Waals surface area contributed by atoms with Crippen molar-refractivity contribution < 1.29 is 110 Å². The molecule has 4 aromatic carbocycles. The van der Waals surface area contributed by atoms with E-state index in [-0.39, 0.29) is 139 Å². The summed E-state index contributed by atoms with van der Waals surface area (Å²) in [6, 6.07) is 21.6. The lowest BCUT2D eigenvalue weighted by atomic mass is 9.47. The second kappa shape index (κ2) is 42.3. The Hall–Kier alpha value is -9.01. The largest absolute Gasteiger partial charge is 0.496 e. The number of piperidine rings is 2. The second-order valence-corrected chi connectivity index (χ2v) is 37.7. The van der Waals surface area contributed by atoms with E-state index in [1.807, 2.05) is 97.6 Å². The van der Waals surface area contributed by atoms with Gasteiger partial charge in [-0.05, 0) is 143 Å². The molecule has 2 amide bonds. The maximum absolute atomic E-state index is 15.7. The number of aliphatic imine (C=N–C) groups is 1. The topological polar surface area (TPSA) is 427 Å². The van der Waals surface area contributed by atoms with E-state index in [9.17, 15) is 72.3 Å². The molecule has 0 radical (unpaired) electrons. The number of nitrogens with zero attached hydrogens (tertiary/aromatic N) is 5. The van der Waals surface area contributed by atoms with E-state index in [1.54, 1.807) is 20.0 Å². The van der Waals surface area contributed by atoms with Crippen LogP contribution in [0, 0.1) is 30.1 Å². The number of H-pyrrole nitrogens is 1. The third kappa shape index (κ3) is 21.4. The summed E-state index contributed by atoms with van der Waals surface area (Å²) in [6.07, 6.45) is -1.23. The number of halogens is 3. The highest BCUT2D eigenvalue weighted by Gasteiger charge is 2.78. The third-order valence-electron chi connectivity index (χ3n) is 26.9. The molecule has 1 aromatic heterocycles. The molecule has 692 valence electrons. The zero-order valence-electron chi connectivity index (χ0n) is 73.0. The van der Waals surface area contributed by atoms with Gasteiger partial charge in [-0.25, -0.2) is 4.79 Å². The van der Waals surface area contributed by atoms with E-state index in [0.717, 1.165) is 67.7 Å². The van der Waals surface area contributed by atoms with Crippen molar-refractivity contribution in [3.05, 3.63) is 142 Å². The monoisotopic (exact) mass is 1810 g/mol. The van der Waals surface area contributed by atoms with Crippen molar-refractivity contribution in [1.29, 1.82) is 0 Å². The van der Waals surface area contributed by atoms with Crippen LogP contribution in [0.25, 0.3) is 10.9 Å². The molecule has 1 saturated carbocycles. The van der Waals surface area contributed by atoms with Crippen molar-refractivity contribution in [3.63, 3.8) is 0 Å². The smallest absolute Gasteiger partial charge is 0.416 e. The summed E-state index contributed by atoms with van der Waals surface area (Å²) in [5.74, 6) is -9.15. The van der Waals surface area contributed by atoms with Gasteiger partial charge < -0.3 is 85.9 Å². The van der Waals surface area contributed by atoms with Crippen LogP contribution in [0.2, 0.25) is 0 Å². The number of aliphatic hydroxyl groups is 3. The molecule has 3 saturated heterocycles. The van der Waals surface area contributed by atoms with Crippen LogP contribution in [0.15, 0.2) is 102 Å². The number of nitrogens with one attached hydrogen (secondary N) is 3. The molecule has 2 unspecified atom stereocenters. The van der Waals surface area contributed by atoms with E-state index < -0.39 is 142 Å². The number of guanidine groups is 1. The molecule has 12 N–H and O–H groups in total. The standard InChI is InChI=1S/C92H121F3N10O20S2/c1-7-87(118)48-58-49-90(84(116)121-6,78-66(25-32-103(51-58)55-87)65-22-12-13-23-69(65)100-78)68-45-67-71(47-74(68)120-5)102(4)82-89(67)28-33-104-31-17-27-88(8-2,81(89)104)83(115)91(82,119)75(109)50-99-86(117)124-38-39-126-127-54-61(80(113)114)44-72(108)70(46-76(110)111)101-79(112)60(20-14-29-98-85(96)97)43-63(106)26-35-123-37-36-122-34-16-21-64(107)52-105-30-15-24-73(77(105)59-18-10-9-11-19-59)125-53-57-40-56(3)41-62(42-57)92(93,94)95/h9-13,17-19,22-23,27,40-42,45,47,58,60-61,70,73,77,81-83,100,115,118-119H,7-8,14-16,20-21,24-26,28-39,43-44,46,48-55H2,1-6H3,(H,99,117)(H,101,112)(H,110,111)(H,113,114)(H4,96,97,98)/t58-,60?,61-,70+,73-,77-,81+,82-,83-,87+,88-,89-,90+,91+/m0/s1. The molecule has 35 heteroatoms. The fourth-order valence-electron chi connectivity index (χ4n) is 21.3. The van der Waals surface area contributed by atoms with Crippen molar-refractivity contribution in [2.75, 3.05) is 130 Å². The molecule has 7 heterocycles. The lowest BCUT2D eigenvalue weighted by Gasteiger charge is -2.63. The number of aliphatic hydroxyl groups excluding tert-OH is 1. The van der Waals surface area contributed by atoms with Crippen LogP contribution in [0.3, 0.4) is 0 Å². The number of aliphatic carboxylic acids is 2. The molecule has 12 rings (SSSR count). The van der Waals surface area contributed by atoms with Crippen molar-refractivity contribution in [2.45, 2.75) is 195 Å². The van der Waals surface area contributed by atoms with E-state index in [2.05, 4.69) is 35.3 Å². The van der Waals surface area contributed by atoms with Crippen molar-refractivity contribution in [3.8, 4) is 5.75 Å². The number of aromatic nitrogens is 1. The van der Waals surface area contributed by atoms with Gasteiger partial charge in [0.25, 0.3) is 0 Å². The Morgan fingerprint density at radius 1 is 0.811 bits per heavy atom. The Labute approximate surface area is 745 Å². The second-order valence-electron chi connectivity index (χ2n) is 35.0. The normalized spacial score (nSPS) is 26.2. The minimum Gasteiger partial charge on any atom is -0.496 e. The van der Waals surface area contributed by atoms with E-state index >= 15 is 9.59 Å². The van der Waals surface area contributed by atoms with Gasteiger partial charge in [0.15, 0.2) is 23.1 Å². The maximum Gasteiger partial charge on any atom is 0.416 e. The number of carboxylic acid groups (broad SMARTS) is 2. The van der Waals surface area contributed by atoms with Gasteiger partial charge in [0, 0.05) is 140 Å². The highest BCUT2D eigenvalue weighted by atomic mass is 33.1. The number of carbonyl (C=O) groups excluding carboxylic acids is 7. The van der Waals surface area contributed by atoms with Crippen LogP contribution in [0.5, 0.6) is 5.75 Å². The number of ketones is 4. The average molecular weight is 1810 g/mol. The van der Waals surface area contributed by atoms with Gasteiger partial charge in [-0.3, -0.25) is 58.0 Å². The number of nitrogens with two attached hydrogens (primary N) is 2. The quantitative estimate of drug-likeness (QED) is 0.00435. The number of aryl methyl sites for hydroxylation is 1. The van der Waals surface area contributed by atoms with E-state index in [0.29, 0.717) is 112 Å². The van der Waals surface area contributed by atoms with Crippen molar-refractivity contribution >= 4 is 97.2 Å². The summed E-state index contributed by atoms with van der Waals surface area (Å²) in [5, 5.41) is 65.2. The molecule has 127 heavy (non-hydrogen) atoms. The molecular weight excluding hydrogens is 1690 g/mol. The zero-order chi connectivity index (χ0) is 91.3.